The van der Waals surface area contributed by atoms with E-state index in [1.165, 1.54) is 4.31 Å². The number of aryl methyl sites for hydroxylation is 1. The number of benzene rings is 2. The lowest BCUT2D eigenvalue weighted by Gasteiger charge is -2.39. The molecule has 10 heteroatoms. The summed E-state index contributed by atoms with van der Waals surface area (Å²) in [7, 11) is -3.78. The summed E-state index contributed by atoms with van der Waals surface area (Å²) in [4.78, 5) is 12.7. The third kappa shape index (κ3) is 4.97. The number of rotatable bonds is 7. The summed E-state index contributed by atoms with van der Waals surface area (Å²) < 4.78 is 35.9. The highest BCUT2D eigenvalue weighted by Crippen LogP contribution is 2.49. The standard InChI is InChI=1S/C27H33ClN2O6S/c1-15-13-20-22(17-7-9-18(28)10-8-17)21(25(26(32)33)36-27(3,4)5)16(2)23-24(20)29(15)14-19(11-12-31)30(23)37(6,34)35/h7-10,13,19,25,31H,11-12,14H2,1-6H3,(H,32,33)/t19-,25?/m0/s1. The van der Waals surface area contributed by atoms with Crippen molar-refractivity contribution in [1.29, 1.82) is 0 Å². The summed E-state index contributed by atoms with van der Waals surface area (Å²) in [6, 6.07) is 8.58. The van der Waals surface area contributed by atoms with Gasteiger partial charge in [-0.05, 0) is 75.9 Å². The van der Waals surface area contributed by atoms with Crippen molar-refractivity contribution in [3.8, 4) is 11.1 Å². The van der Waals surface area contributed by atoms with Gasteiger partial charge in [0.05, 0.1) is 29.1 Å². The topological polar surface area (TPSA) is 109 Å². The maximum atomic E-state index is 13.2. The minimum Gasteiger partial charge on any atom is -0.479 e. The first kappa shape index (κ1) is 27.4. The molecule has 200 valence electrons. The van der Waals surface area contributed by atoms with Gasteiger partial charge in [-0.15, -0.1) is 0 Å². The normalized spacial score (nSPS) is 16.9. The lowest BCUT2D eigenvalue weighted by Crippen LogP contribution is -2.46. The zero-order valence-corrected chi connectivity index (χ0v) is 23.4. The third-order valence-corrected chi connectivity index (χ3v) is 8.13. The molecule has 1 aromatic heterocycles. The molecule has 8 nitrogen and oxygen atoms in total. The zero-order valence-electron chi connectivity index (χ0n) is 21.9. The molecule has 0 aliphatic carbocycles. The number of nitrogens with zero attached hydrogens (tertiary/aromatic N) is 2. The molecule has 0 amide bonds. The van der Waals surface area contributed by atoms with Gasteiger partial charge < -0.3 is 19.5 Å². The van der Waals surface area contributed by atoms with E-state index in [2.05, 4.69) is 4.57 Å². The number of sulfonamides is 1. The fourth-order valence-electron chi connectivity index (χ4n) is 5.37. The fourth-order valence-corrected chi connectivity index (χ4v) is 6.76. The van der Waals surface area contributed by atoms with Crippen LogP contribution in [0.5, 0.6) is 0 Å². The van der Waals surface area contributed by atoms with E-state index in [1.807, 2.05) is 25.1 Å². The number of aliphatic carboxylic acids is 1. The minimum absolute atomic E-state index is 0.185. The van der Waals surface area contributed by atoms with E-state index in [9.17, 15) is 23.4 Å². The molecule has 1 unspecified atom stereocenters. The molecule has 0 radical (unpaired) electrons. The summed E-state index contributed by atoms with van der Waals surface area (Å²) >= 11 is 6.17. The molecular weight excluding hydrogens is 516 g/mol. The van der Waals surface area contributed by atoms with Crippen molar-refractivity contribution in [2.75, 3.05) is 17.2 Å². The van der Waals surface area contributed by atoms with Crippen LogP contribution in [0.25, 0.3) is 22.0 Å². The predicted molar refractivity (Wildman–Crippen MR) is 146 cm³/mol. The van der Waals surface area contributed by atoms with Crippen LogP contribution in [0.4, 0.5) is 5.69 Å². The largest absolute Gasteiger partial charge is 0.479 e. The highest BCUT2D eigenvalue weighted by Gasteiger charge is 2.40. The second-order valence-electron chi connectivity index (χ2n) is 10.6. The number of aliphatic hydroxyl groups excluding tert-OH is 1. The summed E-state index contributed by atoms with van der Waals surface area (Å²) in [5.41, 5.74) is 3.55. The number of aromatic nitrogens is 1. The molecule has 2 N–H and O–H groups in total. The highest BCUT2D eigenvalue weighted by molar-refractivity contribution is 7.92. The number of carboxylic acid groups (broad SMARTS) is 1. The SMILES string of the molecule is Cc1c(C(OC(C)(C)C)C(=O)O)c(-c2ccc(Cl)cc2)c2cc(C)n3c2c1N(S(C)(=O)=O)[C@@H](CCO)C3. The summed E-state index contributed by atoms with van der Waals surface area (Å²) in [6.45, 7) is 9.22. The van der Waals surface area contributed by atoms with Crippen molar-refractivity contribution in [2.24, 2.45) is 0 Å². The monoisotopic (exact) mass is 548 g/mol. The Morgan fingerprint density at radius 3 is 2.35 bits per heavy atom. The molecule has 1 aliphatic heterocycles. The van der Waals surface area contributed by atoms with Crippen molar-refractivity contribution in [3.05, 3.63) is 52.2 Å². The number of hydrogen-bond donors (Lipinski definition) is 2. The molecule has 0 saturated carbocycles. The highest BCUT2D eigenvalue weighted by atomic mass is 35.5. The second-order valence-corrected chi connectivity index (χ2v) is 12.9. The van der Waals surface area contributed by atoms with E-state index in [0.29, 0.717) is 39.5 Å². The third-order valence-electron chi connectivity index (χ3n) is 6.68. The minimum atomic E-state index is -3.78. The lowest BCUT2D eigenvalue weighted by atomic mass is 9.87. The Hall–Kier alpha value is -2.59. The molecule has 0 spiro atoms. The van der Waals surface area contributed by atoms with Gasteiger partial charge in [-0.2, -0.15) is 0 Å². The maximum Gasteiger partial charge on any atom is 0.337 e. The molecule has 37 heavy (non-hydrogen) atoms. The second kappa shape index (κ2) is 9.62. The molecule has 3 aromatic rings. The molecule has 1 aliphatic rings. The molecular formula is C27H33ClN2O6S. The fraction of sp³-hybridized carbons (Fsp3) is 0.444. The van der Waals surface area contributed by atoms with Crippen molar-refractivity contribution in [1.82, 2.24) is 4.57 Å². The Morgan fingerprint density at radius 1 is 1.22 bits per heavy atom. The van der Waals surface area contributed by atoms with Crippen molar-refractivity contribution in [2.45, 2.75) is 65.3 Å². The van der Waals surface area contributed by atoms with Gasteiger partial charge in [0.2, 0.25) is 10.0 Å². The predicted octanol–water partition coefficient (Wildman–Crippen LogP) is 5.05. The van der Waals surface area contributed by atoms with Crippen LogP contribution in [0.2, 0.25) is 5.02 Å². The smallest absolute Gasteiger partial charge is 0.337 e. The quantitative estimate of drug-likeness (QED) is 0.427. The van der Waals surface area contributed by atoms with Gasteiger partial charge in [-0.25, -0.2) is 13.2 Å². The summed E-state index contributed by atoms with van der Waals surface area (Å²) in [6.07, 6.45) is 0.0103. The summed E-state index contributed by atoms with van der Waals surface area (Å²) in [5, 5.41) is 21.4. The van der Waals surface area contributed by atoms with Crippen LogP contribution in [-0.4, -0.2) is 53.7 Å². The number of aliphatic hydroxyl groups is 1. The average Bonchev–Trinajstić information content (AvgIpc) is 3.10. The van der Waals surface area contributed by atoms with E-state index in [-0.39, 0.29) is 13.0 Å². The van der Waals surface area contributed by atoms with Crippen molar-refractivity contribution in [3.63, 3.8) is 0 Å². The Labute approximate surface area is 222 Å². The molecule has 0 saturated heterocycles. The molecule has 4 rings (SSSR count). The van der Waals surface area contributed by atoms with E-state index in [0.717, 1.165) is 22.9 Å². The van der Waals surface area contributed by atoms with E-state index >= 15 is 0 Å². The molecule has 2 aromatic carbocycles. The van der Waals surface area contributed by atoms with Gasteiger partial charge in [0, 0.05) is 34.8 Å². The van der Waals surface area contributed by atoms with Crippen LogP contribution >= 0.6 is 11.6 Å². The Kier molecular flexibility index (Phi) is 7.13. The van der Waals surface area contributed by atoms with Gasteiger partial charge in [0.25, 0.3) is 0 Å². The Bertz CT molecular complexity index is 1470. The lowest BCUT2D eigenvalue weighted by molar-refractivity contribution is -0.160. The number of ether oxygens (including phenoxy) is 1. The molecule has 2 heterocycles. The number of halogens is 1. The van der Waals surface area contributed by atoms with Crippen LogP contribution in [0.15, 0.2) is 30.3 Å². The first-order valence-electron chi connectivity index (χ1n) is 12.1. The van der Waals surface area contributed by atoms with E-state index < -0.39 is 33.7 Å². The molecule has 0 bridgehead atoms. The van der Waals surface area contributed by atoms with E-state index in [1.54, 1.807) is 39.8 Å². The average molecular weight is 549 g/mol. The molecule has 2 atom stereocenters. The van der Waals surface area contributed by atoms with Crippen LogP contribution < -0.4 is 4.31 Å². The Balaban J connectivity index is 2.22. The van der Waals surface area contributed by atoms with Gasteiger partial charge in [-0.3, -0.25) is 4.31 Å². The maximum absolute atomic E-state index is 13.2. The van der Waals surface area contributed by atoms with Crippen molar-refractivity contribution >= 4 is 44.2 Å². The van der Waals surface area contributed by atoms with Gasteiger partial charge in [0.1, 0.15) is 0 Å². The molecule has 0 fully saturated rings. The number of anilines is 1. The first-order chi connectivity index (χ1) is 17.2. The number of hydrogen-bond acceptors (Lipinski definition) is 5. The number of carboxylic acids is 1. The van der Waals surface area contributed by atoms with Crippen LogP contribution in [0.3, 0.4) is 0 Å². The van der Waals surface area contributed by atoms with Crippen LogP contribution in [-0.2, 0) is 26.1 Å². The first-order valence-corrected chi connectivity index (χ1v) is 14.3. The summed E-state index contributed by atoms with van der Waals surface area (Å²) in [5.74, 6) is -1.18. The van der Waals surface area contributed by atoms with Crippen LogP contribution in [0, 0.1) is 13.8 Å². The van der Waals surface area contributed by atoms with Crippen molar-refractivity contribution < 1.29 is 28.2 Å². The van der Waals surface area contributed by atoms with Gasteiger partial charge >= 0.3 is 5.97 Å². The zero-order chi connectivity index (χ0) is 27.4. The van der Waals surface area contributed by atoms with Gasteiger partial charge in [-0.1, -0.05) is 23.7 Å². The number of carbonyl (C=O) groups is 1. The van der Waals surface area contributed by atoms with Gasteiger partial charge in [0.15, 0.2) is 6.10 Å². The van der Waals surface area contributed by atoms with Crippen LogP contribution in [0.1, 0.15) is 50.1 Å². The van der Waals surface area contributed by atoms with E-state index in [4.69, 9.17) is 16.3 Å². The Morgan fingerprint density at radius 2 is 1.84 bits per heavy atom.